The highest BCUT2D eigenvalue weighted by Gasteiger charge is 2.20. The van der Waals surface area contributed by atoms with Gasteiger partial charge in [-0.3, -0.25) is 0 Å². The fourth-order valence-electron chi connectivity index (χ4n) is 2.21. The number of fused-ring (bicyclic) bond motifs is 3. The summed E-state index contributed by atoms with van der Waals surface area (Å²) in [5.74, 6) is 0.544. The second-order valence-corrected chi connectivity index (χ2v) is 5.75. The summed E-state index contributed by atoms with van der Waals surface area (Å²) in [6, 6.07) is 8.67. The Morgan fingerprint density at radius 3 is 2.81 bits per heavy atom. The van der Waals surface area contributed by atoms with Crippen molar-refractivity contribution in [2.24, 2.45) is 0 Å². The fourth-order valence-corrected chi connectivity index (χ4v) is 3.30. The van der Waals surface area contributed by atoms with Crippen LogP contribution >= 0.6 is 11.3 Å². The maximum atomic E-state index is 4.81. The minimum absolute atomic E-state index is 0.544. The van der Waals surface area contributed by atoms with Gasteiger partial charge in [-0.1, -0.05) is 38.1 Å². The number of rotatable bonds is 1. The van der Waals surface area contributed by atoms with E-state index < -0.39 is 0 Å². The molecule has 0 unspecified atom stereocenters. The molecule has 16 heavy (non-hydrogen) atoms. The molecule has 2 aromatic rings. The number of aryl methyl sites for hydroxylation is 2. The lowest BCUT2D eigenvalue weighted by Gasteiger charge is -2.13. The predicted molar refractivity (Wildman–Crippen MR) is 69.0 cm³/mol. The van der Waals surface area contributed by atoms with Crippen LogP contribution in [-0.4, -0.2) is 4.98 Å². The summed E-state index contributed by atoms with van der Waals surface area (Å²) in [5, 5.41) is 1.28. The Morgan fingerprint density at radius 2 is 2.00 bits per heavy atom. The van der Waals surface area contributed by atoms with Crippen LogP contribution in [0.1, 0.15) is 35.2 Å². The number of nitrogens with zero attached hydrogens (tertiary/aromatic N) is 1. The molecule has 0 saturated heterocycles. The molecule has 0 bridgehead atoms. The topological polar surface area (TPSA) is 12.9 Å². The predicted octanol–water partition coefficient (Wildman–Crippen LogP) is 4.03. The van der Waals surface area contributed by atoms with E-state index in [0.29, 0.717) is 5.92 Å². The van der Waals surface area contributed by atoms with Gasteiger partial charge in [-0.15, -0.1) is 11.3 Å². The second kappa shape index (κ2) is 3.70. The first-order valence-corrected chi connectivity index (χ1v) is 6.65. The Balaban J connectivity index is 2.17. The maximum Gasteiger partial charge on any atom is 0.0960 e. The summed E-state index contributed by atoms with van der Waals surface area (Å²) in [5.41, 5.74) is 4.05. The minimum Gasteiger partial charge on any atom is -0.241 e. The molecular weight excluding hydrogens is 214 g/mol. The highest BCUT2D eigenvalue weighted by molar-refractivity contribution is 7.12. The third-order valence-electron chi connectivity index (χ3n) is 3.10. The quantitative estimate of drug-likeness (QED) is 0.719. The van der Waals surface area contributed by atoms with Crippen LogP contribution in [0, 0.1) is 0 Å². The Bertz CT molecular complexity index is 525. The molecule has 0 aliphatic heterocycles. The van der Waals surface area contributed by atoms with Gasteiger partial charge < -0.3 is 0 Å². The zero-order valence-electron chi connectivity index (χ0n) is 9.66. The number of hydrogen-bond acceptors (Lipinski definition) is 2. The minimum atomic E-state index is 0.544. The highest BCUT2D eigenvalue weighted by Crippen LogP contribution is 2.37. The Morgan fingerprint density at radius 1 is 1.19 bits per heavy atom. The van der Waals surface area contributed by atoms with Crippen molar-refractivity contribution in [2.75, 3.05) is 0 Å². The van der Waals surface area contributed by atoms with E-state index in [2.05, 4.69) is 38.1 Å². The van der Waals surface area contributed by atoms with Gasteiger partial charge in [0.15, 0.2) is 0 Å². The van der Waals surface area contributed by atoms with E-state index in [1.807, 2.05) is 11.3 Å². The van der Waals surface area contributed by atoms with Crippen molar-refractivity contribution in [3.05, 3.63) is 39.7 Å². The molecular formula is C14H15NS. The molecule has 0 fully saturated rings. The zero-order chi connectivity index (χ0) is 11.1. The third-order valence-corrected chi connectivity index (χ3v) is 4.52. The number of thiazole rings is 1. The lowest BCUT2D eigenvalue weighted by molar-refractivity contribution is 0.852. The van der Waals surface area contributed by atoms with Crippen molar-refractivity contribution in [2.45, 2.75) is 32.6 Å². The summed E-state index contributed by atoms with van der Waals surface area (Å²) < 4.78 is 0. The smallest absolute Gasteiger partial charge is 0.0960 e. The molecule has 2 heteroatoms. The molecule has 0 amide bonds. The first kappa shape index (κ1) is 10.0. The highest BCUT2D eigenvalue weighted by atomic mass is 32.1. The first-order valence-electron chi connectivity index (χ1n) is 5.83. The van der Waals surface area contributed by atoms with E-state index in [4.69, 9.17) is 4.98 Å². The molecule has 1 aromatic carbocycles. The van der Waals surface area contributed by atoms with Crippen LogP contribution in [0.3, 0.4) is 0 Å². The van der Waals surface area contributed by atoms with Crippen LogP contribution in [0.2, 0.25) is 0 Å². The molecule has 82 valence electrons. The van der Waals surface area contributed by atoms with Gasteiger partial charge in [0.25, 0.3) is 0 Å². The summed E-state index contributed by atoms with van der Waals surface area (Å²) >= 11 is 1.90. The van der Waals surface area contributed by atoms with Crippen molar-refractivity contribution < 1.29 is 0 Å². The van der Waals surface area contributed by atoms with Crippen LogP contribution in [0.5, 0.6) is 0 Å². The van der Waals surface area contributed by atoms with E-state index in [1.54, 1.807) is 0 Å². The van der Waals surface area contributed by atoms with E-state index in [-0.39, 0.29) is 0 Å². The van der Waals surface area contributed by atoms with E-state index in [0.717, 1.165) is 6.42 Å². The molecule has 0 radical (unpaired) electrons. The van der Waals surface area contributed by atoms with Gasteiger partial charge in [0.2, 0.25) is 0 Å². The summed E-state index contributed by atoms with van der Waals surface area (Å²) in [7, 11) is 0. The molecule has 1 heterocycles. The van der Waals surface area contributed by atoms with E-state index in [9.17, 15) is 0 Å². The number of benzene rings is 1. The molecule has 0 saturated carbocycles. The van der Waals surface area contributed by atoms with Crippen LogP contribution in [0.25, 0.3) is 11.3 Å². The zero-order valence-corrected chi connectivity index (χ0v) is 10.5. The summed E-state index contributed by atoms with van der Waals surface area (Å²) in [6.45, 7) is 4.44. The molecule has 1 nitrogen and oxygen atoms in total. The molecule has 0 atom stereocenters. The summed E-state index contributed by atoms with van der Waals surface area (Å²) in [4.78, 5) is 6.28. The molecule has 1 aromatic heterocycles. The van der Waals surface area contributed by atoms with Crippen molar-refractivity contribution in [1.82, 2.24) is 4.98 Å². The van der Waals surface area contributed by atoms with Crippen LogP contribution in [-0.2, 0) is 12.8 Å². The third kappa shape index (κ3) is 1.49. The van der Waals surface area contributed by atoms with Crippen molar-refractivity contribution >= 4 is 11.3 Å². The van der Waals surface area contributed by atoms with Gasteiger partial charge in [0.1, 0.15) is 0 Å². The van der Waals surface area contributed by atoms with E-state index in [1.165, 1.54) is 33.1 Å². The van der Waals surface area contributed by atoms with Crippen LogP contribution in [0.4, 0.5) is 0 Å². The number of aromatic nitrogens is 1. The summed E-state index contributed by atoms with van der Waals surface area (Å²) in [6.07, 6.45) is 2.33. The van der Waals surface area contributed by atoms with Gasteiger partial charge in [0.05, 0.1) is 10.7 Å². The van der Waals surface area contributed by atoms with Crippen molar-refractivity contribution in [3.63, 3.8) is 0 Å². The Labute approximate surface area is 100 Å². The van der Waals surface area contributed by atoms with Crippen molar-refractivity contribution in [3.8, 4) is 11.3 Å². The average molecular weight is 229 g/mol. The Hall–Kier alpha value is -1.15. The fraction of sp³-hybridized carbons (Fsp3) is 0.357. The van der Waals surface area contributed by atoms with Gasteiger partial charge in [-0.2, -0.15) is 0 Å². The average Bonchev–Trinajstić information content (AvgIpc) is 2.73. The monoisotopic (exact) mass is 229 g/mol. The molecule has 3 rings (SSSR count). The van der Waals surface area contributed by atoms with Gasteiger partial charge >= 0.3 is 0 Å². The van der Waals surface area contributed by atoms with Gasteiger partial charge in [-0.25, -0.2) is 4.98 Å². The lowest BCUT2D eigenvalue weighted by atomic mass is 9.94. The normalized spacial score (nSPS) is 13.7. The first-order chi connectivity index (χ1) is 7.75. The van der Waals surface area contributed by atoms with Crippen LogP contribution in [0.15, 0.2) is 24.3 Å². The van der Waals surface area contributed by atoms with Gasteiger partial charge in [-0.05, 0) is 18.4 Å². The maximum absolute atomic E-state index is 4.81. The molecule has 0 spiro atoms. The molecule has 1 aliphatic carbocycles. The standard InChI is InChI=1S/C14H15NS/c1-9(2)14-15-13-11-6-4-3-5-10(11)7-8-12(13)16-14/h3-6,9H,7-8H2,1-2H3. The SMILES string of the molecule is CC(C)c1nc2c(s1)CCc1ccccc1-2. The second-order valence-electron chi connectivity index (χ2n) is 4.64. The molecule has 1 aliphatic rings. The van der Waals surface area contributed by atoms with Gasteiger partial charge in [0, 0.05) is 16.4 Å². The van der Waals surface area contributed by atoms with E-state index >= 15 is 0 Å². The van der Waals surface area contributed by atoms with Crippen LogP contribution < -0.4 is 0 Å². The molecule has 0 N–H and O–H groups in total. The number of hydrogen-bond donors (Lipinski definition) is 0. The Kier molecular flexibility index (Phi) is 2.32. The lowest BCUT2D eigenvalue weighted by Crippen LogP contribution is -2.01. The van der Waals surface area contributed by atoms with Crippen molar-refractivity contribution in [1.29, 1.82) is 0 Å². The largest absolute Gasteiger partial charge is 0.241 e.